The maximum Gasteiger partial charge on any atom is 0.271 e. The number of Topliss-reactive ketones (excluding diaryl/α,β-unsaturated/α-hetero) is 1. The summed E-state index contributed by atoms with van der Waals surface area (Å²) in [7, 11) is 3.04. The molecular formula is C15H18N2O4. The third kappa shape index (κ3) is 3.81. The van der Waals surface area contributed by atoms with Crippen molar-refractivity contribution < 1.29 is 19.1 Å². The van der Waals surface area contributed by atoms with Gasteiger partial charge in [0, 0.05) is 24.1 Å². The van der Waals surface area contributed by atoms with Crippen molar-refractivity contribution in [1.82, 2.24) is 5.43 Å². The van der Waals surface area contributed by atoms with E-state index in [1.807, 2.05) is 0 Å². The van der Waals surface area contributed by atoms with Crippen LogP contribution in [0.1, 0.15) is 36.0 Å². The Morgan fingerprint density at radius 2 is 1.95 bits per heavy atom. The molecule has 0 aromatic heterocycles. The third-order valence-corrected chi connectivity index (χ3v) is 3.28. The summed E-state index contributed by atoms with van der Waals surface area (Å²) in [6.07, 6.45) is 2.47. The molecule has 1 aromatic carbocycles. The van der Waals surface area contributed by atoms with Crippen molar-refractivity contribution in [2.45, 2.75) is 25.7 Å². The maximum absolute atomic E-state index is 12.0. The lowest BCUT2D eigenvalue weighted by Gasteiger charge is -2.12. The zero-order valence-electron chi connectivity index (χ0n) is 12.1. The zero-order chi connectivity index (χ0) is 15.2. The average Bonchev–Trinajstić information content (AvgIpc) is 2.52. The molecule has 0 atom stereocenters. The number of amides is 1. The molecule has 0 bridgehead atoms. The fourth-order valence-electron chi connectivity index (χ4n) is 2.16. The highest BCUT2D eigenvalue weighted by molar-refractivity contribution is 6.04. The number of benzene rings is 1. The van der Waals surface area contributed by atoms with Crippen molar-refractivity contribution in [3.8, 4) is 11.5 Å². The predicted molar refractivity (Wildman–Crippen MR) is 77.9 cm³/mol. The summed E-state index contributed by atoms with van der Waals surface area (Å²) in [5.41, 5.74) is 3.62. The first-order chi connectivity index (χ1) is 10.1. The first-order valence-electron chi connectivity index (χ1n) is 6.73. The highest BCUT2D eigenvalue weighted by Gasteiger charge is 2.15. The van der Waals surface area contributed by atoms with Gasteiger partial charge in [-0.05, 0) is 31.0 Å². The van der Waals surface area contributed by atoms with E-state index >= 15 is 0 Å². The molecule has 1 aromatic rings. The topological polar surface area (TPSA) is 77.0 Å². The number of ketones is 1. The zero-order valence-corrected chi connectivity index (χ0v) is 12.1. The maximum atomic E-state index is 12.0. The predicted octanol–water partition coefficient (Wildman–Crippen LogP) is 1.93. The SMILES string of the molecule is COc1ccc(C(=O)N/N=C2\CCCC(=O)C2)cc1OC. The van der Waals surface area contributed by atoms with Crippen LogP contribution in [0.3, 0.4) is 0 Å². The van der Waals surface area contributed by atoms with Crippen molar-refractivity contribution in [1.29, 1.82) is 0 Å². The van der Waals surface area contributed by atoms with E-state index in [9.17, 15) is 9.59 Å². The fraction of sp³-hybridized carbons (Fsp3) is 0.400. The van der Waals surface area contributed by atoms with E-state index in [1.54, 1.807) is 18.2 Å². The number of hydrogen-bond donors (Lipinski definition) is 1. The van der Waals surface area contributed by atoms with Crippen LogP contribution in [0.15, 0.2) is 23.3 Å². The van der Waals surface area contributed by atoms with Gasteiger partial charge >= 0.3 is 0 Å². The Bertz CT molecular complexity index is 581. The Kier molecular flexibility index (Phi) is 4.92. The summed E-state index contributed by atoms with van der Waals surface area (Å²) in [5.74, 6) is 0.853. The largest absolute Gasteiger partial charge is 0.493 e. The van der Waals surface area contributed by atoms with Gasteiger partial charge in [-0.1, -0.05) is 0 Å². The number of carbonyl (C=O) groups excluding carboxylic acids is 2. The van der Waals surface area contributed by atoms with Gasteiger partial charge in [0.05, 0.1) is 14.2 Å². The van der Waals surface area contributed by atoms with Crippen LogP contribution in [0.25, 0.3) is 0 Å². The lowest BCUT2D eigenvalue weighted by atomic mass is 9.97. The van der Waals surface area contributed by atoms with Crippen LogP contribution >= 0.6 is 0 Å². The van der Waals surface area contributed by atoms with Gasteiger partial charge in [0.2, 0.25) is 0 Å². The first kappa shape index (κ1) is 15.0. The normalized spacial score (nSPS) is 16.7. The Balaban J connectivity index is 2.06. The standard InChI is InChI=1S/C15H18N2O4/c1-20-13-7-6-10(8-14(13)21-2)15(19)17-16-11-4-3-5-12(18)9-11/h6-8H,3-5,9H2,1-2H3,(H,17,19)/b16-11+. The summed E-state index contributed by atoms with van der Waals surface area (Å²) < 4.78 is 10.3. The van der Waals surface area contributed by atoms with Crippen LogP contribution in [0.2, 0.25) is 0 Å². The molecule has 0 spiro atoms. The van der Waals surface area contributed by atoms with E-state index in [0.717, 1.165) is 18.6 Å². The number of ether oxygens (including phenoxy) is 2. The smallest absolute Gasteiger partial charge is 0.271 e. The Morgan fingerprint density at radius 1 is 1.19 bits per heavy atom. The van der Waals surface area contributed by atoms with E-state index in [1.165, 1.54) is 14.2 Å². The van der Waals surface area contributed by atoms with Gasteiger partial charge in [0.25, 0.3) is 5.91 Å². The van der Waals surface area contributed by atoms with E-state index in [-0.39, 0.29) is 11.7 Å². The molecular weight excluding hydrogens is 272 g/mol. The Morgan fingerprint density at radius 3 is 2.62 bits per heavy atom. The van der Waals surface area contributed by atoms with Crippen LogP contribution in [0, 0.1) is 0 Å². The van der Waals surface area contributed by atoms with E-state index in [4.69, 9.17) is 9.47 Å². The highest BCUT2D eigenvalue weighted by atomic mass is 16.5. The molecule has 0 aliphatic heterocycles. The summed E-state index contributed by atoms with van der Waals surface area (Å²) in [5, 5.41) is 4.03. The average molecular weight is 290 g/mol. The first-order valence-corrected chi connectivity index (χ1v) is 6.73. The van der Waals surface area contributed by atoms with E-state index in [2.05, 4.69) is 10.5 Å². The van der Waals surface area contributed by atoms with Gasteiger partial charge < -0.3 is 9.47 Å². The van der Waals surface area contributed by atoms with Crippen molar-refractivity contribution in [3.05, 3.63) is 23.8 Å². The van der Waals surface area contributed by atoms with Crippen LogP contribution in [0.5, 0.6) is 11.5 Å². The van der Waals surface area contributed by atoms with Crippen LogP contribution in [-0.2, 0) is 4.79 Å². The molecule has 1 aliphatic rings. The van der Waals surface area contributed by atoms with Gasteiger partial charge in [-0.2, -0.15) is 5.10 Å². The molecule has 21 heavy (non-hydrogen) atoms. The molecule has 0 radical (unpaired) electrons. The molecule has 1 N–H and O–H groups in total. The molecule has 6 nitrogen and oxygen atoms in total. The fourth-order valence-corrected chi connectivity index (χ4v) is 2.16. The molecule has 2 rings (SSSR count). The summed E-state index contributed by atoms with van der Waals surface area (Å²) >= 11 is 0. The summed E-state index contributed by atoms with van der Waals surface area (Å²) in [6.45, 7) is 0. The Labute approximate surface area is 123 Å². The molecule has 1 saturated carbocycles. The number of methoxy groups -OCH3 is 2. The lowest BCUT2D eigenvalue weighted by molar-refractivity contribution is -0.118. The van der Waals surface area contributed by atoms with Crippen LogP contribution in [0.4, 0.5) is 0 Å². The third-order valence-electron chi connectivity index (χ3n) is 3.28. The lowest BCUT2D eigenvalue weighted by Crippen LogP contribution is -2.22. The molecule has 0 heterocycles. The minimum absolute atomic E-state index is 0.167. The van der Waals surface area contributed by atoms with Gasteiger partial charge in [-0.3, -0.25) is 9.59 Å². The number of hydrazone groups is 1. The van der Waals surface area contributed by atoms with Crippen molar-refractivity contribution in [2.75, 3.05) is 14.2 Å². The quantitative estimate of drug-likeness (QED) is 0.860. The number of nitrogens with zero attached hydrogens (tertiary/aromatic N) is 1. The van der Waals surface area contributed by atoms with Crippen molar-refractivity contribution in [3.63, 3.8) is 0 Å². The second-order valence-corrected chi connectivity index (χ2v) is 4.76. The van der Waals surface area contributed by atoms with Crippen LogP contribution in [-0.4, -0.2) is 31.6 Å². The van der Waals surface area contributed by atoms with Gasteiger partial charge in [-0.25, -0.2) is 5.43 Å². The number of carbonyl (C=O) groups is 2. The Hall–Kier alpha value is -2.37. The van der Waals surface area contributed by atoms with E-state index < -0.39 is 0 Å². The number of rotatable bonds is 4. The second kappa shape index (κ2) is 6.88. The number of nitrogens with one attached hydrogen (secondary N) is 1. The molecule has 112 valence electrons. The number of hydrogen-bond acceptors (Lipinski definition) is 5. The van der Waals surface area contributed by atoms with Gasteiger partial charge in [0.15, 0.2) is 11.5 Å². The summed E-state index contributed by atoms with van der Waals surface area (Å²) in [6, 6.07) is 4.87. The summed E-state index contributed by atoms with van der Waals surface area (Å²) in [4.78, 5) is 23.4. The monoisotopic (exact) mass is 290 g/mol. The van der Waals surface area contributed by atoms with Gasteiger partial charge in [-0.15, -0.1) is 0 Å². The molecule has 0 unspecified atom stereocenters. The van der Waals surface area contributed by atoms with Gasteiger partial charge in [0.1, 0.15) is 5.78 Å². The van der Waals surface area contributed by atoms with Crippen molar-refractivity contribution in [2.24, 2.45) is 5.10 Å². The highest BCUT2D eigenvalue weighted by Crippen LogP contribution is 2.27. The van der Waals surface area contributed by atoms with Crippen LogP contribution < -0.4 is 14.9 Å². The molecule has 1 fully saturated rings. The minimum Gasteiger partial charge on any atom is -0.493 e. The molecule has 0 saturated heterocycles. The molecule has 1 amide bonds. The van der Waals surface area contributed by atoms with E-state index in [0.29, 0.717) is 29.9 Å². The minimum atomic E-state index is -0.346. The molecule has 1 aliphatic carbocycles. The van der Waals surface area contributed by atoms with Crippen molar-refractivity contribution >= 4 is 17.4 Å². The second-order valence-electron chi connectivity index (χ2n) is 4.76. The molecule has 6 heteroatoms.